The Morgan fingerprint density at radius 3 is 1.22 bits per heavy atom. The predicted octanol–water partition coefficient (Wildman–Crippen LogP) is 1.21. The van der Waals surface area contributed by atoms with Crippen LogP contribution in [0.15, 0.2) is 0 Å². The van der Waals surface area contributed by atoms with Crippen molar-refractivity contribution in [1.29, 1.82) is 0 Å². The van der Waals surface area contributed by atoms with Gasteiger partial charge in [-0.1, -0.05) is 0 Å². The first-order valence-electron chi connectivity index (χ1n) is 6.31. The van der Waals surface area contributed by atoms with Gasteiger partial charge in [0.15, 0.2) is 0 Å². The highest BCUT2D eigenvalue weighted by Crippen LogP contribution is 2.41. The van der Waals surface area contributed by atoms with Gasteiger partial charge in [-0.05, 0) is 47.9 Å². The molecule has 2 bridgehead atoms. The Kier molecular flexibility index (Phi) is 1.88. The van der Waals surface area contributed by atoms with Gasteiger partial charge in [-0.3, -0.25) is 0 Å². The average Bonchev–Trinajstić information content (AvgIpc) is 2.27. The van der Waals surface area contributed by atoms with Crippen LogP contribution in [0.2, 0.25) is 0 Å². The summed E-state index contributed by atoms with van der Waals surface area (Å²) in [6.07, 6.45) is 3.47. The van der Waals surface area contributed by atoms with Crippen LogP contribution in [0.1, 0.15) is 43.0 Å². The van der Waals surface area contributed by atoms with Gasteiger partial charge in [0.25, 0.3) is 0 Å². The Morgan fingerprint density at radius 2 is 0.944 bits per heavy atom. The molecule has 0 spiro atoms. The molecular formula is C14H12O4. The summed E-state index contributed by atoms with van der Waals surface area (Å²) in [5, 5.41) is 0. The summed E-state index contributed by atoms with van der Waals surface area (Å²) >= 11 is 0. The zero-order chi connectivity index (χ0) is 12.3. The van der Waals surface area contributed by atoms with Gasteiger partial charge in [0.2, 0.25) is 0 Å². The highest BCUT2D eigenvalue weighted by molar-refractivity contribution is 6.01. The number of hydrogen-bond donors (Lipinski definition) is 0. The van der Waals surface area contributed by atoms with Gasteiger partial charge in [-0.25, -0.2) is 9.59 Å². The molecule has 0 atom stereocenters. The zero-order valence-electron chi connectivity index (χ0n) is 9.88. The van der Waals surface area contributed by atoms with E-state index in [9.17, 15) is 9.59 Å². The van der Waals surface area contributed by atoms with Crippen molar-refractivity contribution in [3.8, 4) is 0 Å². The summed E-state index contributed by atoms with van der Waals surface area (Å²) in [6.45, 7) is 0.291. The molecule has 0 saturated heterocycles. The molecular weight excluding hydrogens is 232 g/mol. The quantitative estimate of drug-likeness (QED) is 0.644. The van der Waals surface area contributed by atoms with Crippen LogP contribution >= 0.6 is 0 Å². The van der Waals surface area contributed by atoms with Gasteiger partial charge in [-0.15, -0.1) is 0 Å². The topological polar surface area (TPSA) is 52.6 Å². The Balaban J connectivity index is 2.04. The smallest absolute Gasteiger partial charge is 0.338 e. The minimum absolute atomic E-state index is 0.145. The number of rotatable bonds is 0. The van der Waals surface area contributed by atoms with Crippen molar-refractivity contribution in [2.45, 2.75) is 25.7 Å². The lowest BCUT2D eigenvalue weighted by atomic mass is 9.70. The molecule has 0 radical (unpaired) electrons. The van der Waals surface area contributed by atoms with E-state index in [1.807, 2.05) is 0 Å². The number of carbonyl (C=O) groups is 2. The van der Waals surface area contributed by atoms with E-state index in [-0.39, 0.29) is 25.2 Å². The molecule has 1 aliphatic heterocycles. The van der Waals surface area contributed by atoms with Gasteiger partial charge >= 0.3 is 11.9 Å². The molecule has 2 aliphatic carbocycles. The van der Waals surface area contributed by atoms with E-state index in [1.165, 1.54) is 0 Å². The minimum Gasteiger partial charge on any atom is -0.458 e. The van der Waals surface area contributed by atoms with Gasteiger partial charge in [0, 0.05) is 0 Å². The fourth-order valence-electron chi connectivity index (χ4n) is 3.12. The summed E-state index contributed by atoms with van der Waals surface area (Å²) < 4.78 is 10.3. The maximum Gasteiger partial charge on any atom is 0.338 e. The lowest BCUT2D eigenvalue weighted by Crippen LogP contribution is -2.32. The third kappa shape index (κ3) is 1.10. The van der Waals surface area contributed by atoms with Gasteiger partial charge in [-0.2, -0.15) is 0 Å². The van der Waals surface area contributed by atoms with E-state index in [1.54, 1.807) is 0 Å². The monoisotopic (exact) mass is 244 g/mol. The van der Waals surface area contributed by atoms with Crippen LogP contribution < -0.4 is 0 Å². The van der Waals surface area contributed by atoms with E-state index in [0.29, 0.717) is 0 Å². The summed E-state index contributed by atoms with van der Waals surface area (Å²) in [5.74, 6) is -0.488. The van der Waals surface area contributed by atoms with Crippen LogP contribution in [-0.4, -0.2) is 25.2 Å². The van der Waals surface area contributed by atoms with Crippen molar-refractivity contribution in [2.24, 2.45) is 0 Å². The summed E-state index contributed by atoms with van der Waals surface area (Å²) in [5.41, 5.74) is 5.58. The largest absolute Gasteiger partial charge is 0.458 e. The molecule has 0 unspecified atom stereocenters. The number of hydrogen-bond acceptors (Lipinski definition) is 4. The molecule has 1 heterocycles. The predicted molar refractivity (Wildman–Crippen MR) is 61.8 cm³/mol. The molecule has 1 aromatic carbocycles. The molecule has 4 heteroatoms. The Bertz CT molecular complexity index is 514. The fourth-order valence-corrected chi connectivity index (χ4v) is 3.12. The van der Waals surface area contributed by atoms with E-state index < -0.39 is 0 Å². The number of cyclic esters (lactones) is 2. The maximum absolute atomic E-state index is 12.1. The van der Waals surface area contributed by atoms with E-state index >= 15 is 0 Å². The van der Waals surface area contributed by atoms with E-state index in [4.69, 9.17) is 9.47 Å². The number of esters is 2. The SMILES string of the molecule is O=C1OCCOC(=O)c2c3c(c1c1c2CC1)CC3. The fraction of sp³-hybridized carbons (Fsp3) is 0.429. The molecule has 0 N–H and O–H groups in total. The Hall–Kier alpha value is -1.84. The van der Waals surface area contributed by atoms with Crippen molar-refractivity contribution in [1.82, 2.24) is 0 Å². The first-order chi connectivity index (χ1) is 8.77. The van der Waals surface area contributed by atoms with Crippen LogP contribution in [0, 0.1) is 0 Å². The summed E-state index contributed by atoms with van der Waals surface area (Å²) in [4.78, 5) is 24.1. The number of ether oxygens (including phenoxy) is 2. The normalized spacial score (nSPS) is 20.0. The Morgan fingerprint density at radius 1 is 0.611 bits per heavy atom. The van der Waals surface area contributed by atoms with E-state index in [0.717, 1.165) is 59.1 Å². The first kappa shape index (κ1) is 10.1. The van der Waals surface area contributed by atoms with Gasteiger partial charge < -0.3 is 9.47 Å². The highest BCUT2D eigenvalue weighted by Gasteiger charge is 2.38. The van der Waals surface area contributed by atoms with E-state index in [2.05, 4.69) is 0 Å². The molecule has 4 nitrogen and oxygen atoms in total. The first-order valence-corrected chi connectivity index (χ1v) is 6.31. The van der Waals surface area contributed by atoms with Gasteiger partial charge in [0.1, 0.15) is 13.2 Å². The lowest BCUT2D eigenvalue weighted by Gasteiger charge is -2.34. The van der Waals surface area contributed by atoms with Crippen LogP contribution in [0.3, 0.4) is 0 Å². The minimum atomic E-state index is -0.244. The number of carbonyl (C=O) groups excluding carboxylic acids is 2. The standard InChI is InChI=1S/C14H12O4/c15-13-11-7-1-2-8(7)12(10-4-3-9(10)11)14(16)18-6-5-17-13/h1-6H2. The van der Waals surface area contributed by atoms with Crippen molar-refractivity contribution in [2.75, 3.05) is 13.2 Å². The second kappa shape index (κ2) is 3.34. The highest BCUT2D eigenvalue weighted by atomic mass is 16.6. The molecule has 4 rings (SSSR count). The summed E-state index contributed by atoms with van der Waals surface area (Å²) in [7, 11) is 0. The van der Waals surface area contributed by atoms with Crippen LogP contribution in [-0.2, 0) is 35.2 Å². The second-order valence-corrected chi connectivity index (χ2v) is 4.94. The number of fused-ring (bicyclic) bond motifs is 3. The third-order valence-electron chi connectivity index (χ3n) is 4.14. The molecule has 0 saturated carbocycles. The van der Waals surface area contributed by atoms with Crippen molar-refractivity contribution < 1.29 is 19.1 Å². The van der Waals surface area contributed by atoms with Gasteiger partial charge in [0.05, 0.1) is 11.1 Å². The molecule has 0 aromatic heterocycles. The van der Waals surface area contributed by atoms with Crippen LogP contribution in [0.4, 0.5) is 0 Å². The van der Waals surface area contributed by atoms with Crippen LogP contribution in [0.5, 0.6) is 0 Å². The summed E-state index contributed by atoms with van der Waals surface area (Å²) in [6, 6.07) is 0. The third-order valence-corrected chi connectivity index (χ3v) is 4.14. The Labute approximate surface area is 104 Å². The maximum atomic E-state index is 12.1. The molecule has 18 heavy (non-hydrogen) atoms. The second-order valence-electron chi connectivity index (χ2n) is 4.94. The van der Waals surface area contributed by atoms with Crippen LogP contribution in [0.25, 0.3) is 0 Å². The molecule has 92 valence electrons. The average molecular weight is 244 g/mol. The lowest BCUT2D eigenvalue weighted by molar-refractivity contribution is 0.0252. The molecule has 0 fully saturated rings. The van der Waals surface area contributed by atoms with Crippen molar-refractivity contribution >= 4 is 11.9 Å². The molecule has 3 aliphatic rings. The number of benzene rings is 1. The van der Waals surface area contributed by atoms with Crippen molar-refractivity contribution in [3.05, 3.63) is 33.4 Å². The van der Waals surface area contributed by atoms with Crippen molar-refractivity contribution in [3.63, 3.8) is 0 Å². The molecule has 0 amide bonds. The zero-order valence-corrected chi connectivity index (χ0v) is 9.88. The molecule has 1 aromatic rings.